The molecule has 0 spiro atoms. The van der Waals surface area contributed by atoms with Gasteiger partial charge in [-0.15, -0.1) is 12.4 Å². The van der Waals surface area contributed by atoms with Crippen LogP contribution in [0.5, 0.6) is 0 Å². The molecule has 144 valence electrons. The van der Waals surface area contributed by atoms with Gasteiger partial charge in [0.2, 0.25) is 5.91 Å². The quantitative estimate of drug-likeness (QED) is 0.786. The first-order chi connectivity index (χ1) is 11.9. The van der Waals surface area contributed by atoms with Gasteiger partial charge in [0.05, 0.1) is 17.9 Å². The predicted molar refractivity (Wildman–Crippen MR) is 105 cm³/mol. The Morgan fingerprint density at radius 2 is 1.92 bits per heavy atom. The number of nitrogens with one attached hydrogen (secondary N) is 2. The molecule has 3 rings (SSSR count). The number of hydrogen-bond donors (Lipinski definition) is 2. The van der Waals surface area contributed by atoms with Crippen molar-refractivity contribution in [3.8, 4) is 0 Å². The second kappa shape index (κ2) is 7.97. The summed E-state index contributed by atoms with van der Waals surface area (Å²) in [6.45, 7) is 5.39. The molecule has 2 atom stereocenters. The molecule has 1 amide bonds. The zero-order valence-electron chi connectivity index (χ0n) is 15.8. The molecule has 2 fully saturated rings. The van der Waals surface area contributed by atoms with Gasteiger partial charge >= 0.3 is 5.97 Å². The van der Waals surface area contributed by atoms with Crippen LogP contribution in [0.1, 0.15) is 45.1 Å². The minimum Gasteiger partial charge on any atom is -0.468 e. The van der Waals surface area contributed by atoms with Crippen molar-refractivity contribution in [3.05, 3.63) is 29.8 Å². The minimum absolute atomic E-state index is 0. The molecular weight excluding hydrogens is 352 g/mol. The highest BCUT2D eigenvalue weighted by molar-refractivity contribution is 5.96. The van der Waals surface area contributed by atoms with Crippen molar-refractivity contribution in [3.63, 3.8) is 0 Å². The van der Waals surface area contributed by atoms with Gasteiger partial charge in [0, 0.05) is 12.2 Å². The summed E-state index contributed by atoms with van der Waals surface area (Å²) in [5, 5.41) is 6.51. The summed E-state index contributed by atoms with van der Waals surface area (Å²) in [6.07, 6.45) is 4.44. The summed E-state index contributed by atoms with van der Waals surface area (Å²) < 4.78 is 4.87. The lowest BCUT2D eigenvalue weighted by Crippen LogP contribution is -2.44. The number of esters is 1. The van der Waals surface area contributed by atoms with E-state index in [-0.39, 0.29) is 29.7 Å². The van der Waals surface area contributed by atoms with Crippen molar-refractivity contribution in [2.45, 2.75) is 44.9 Å². The van der Waals surface area contributed by atoms with Gasteiger partial charge in [-0.05, 0) is 56.8 Å². The Balaban J connectivity index is 0.00000243. The minimum atomic E-state index is -0.709. The molecular formula is C20H29ClN2O3. The summed E-state index contributed by atoms with van der Waals surface area (Å²) >= 11 is 0. The smallest absolute Gasteiger partial charge is 0.315 e. The number of methoxy groups -OCH3 is 1. The largest absolute Gasteiger partial charge is 0.468 e. The number of ether oxygens (including phenoxy) is 1. The van der Waals surface area contributed by atoms with E-state index in [2.05, 4.69) is 10.6 Å². The van der Waals surface area contributed by atoms with Crippen LogP contribution in [-0.4, -0.2) is 32.1 Å². The van der Waals surface area contributed by atoms with E-state index >= 15 is 0 Å². The molecule has 0 bridgehead atoms. The molecule has 2 aliphatic rings. The average molecular weight is 381 g/mol. The summed E-state index contributed by atoms with van der Waals surface area (Å²) in [5.74, 6) is 0.297. The van der Waals surface area contributed by atoms with E-state index in [1.807, 2.05) is 38.1 Å². The standard InChI is InChI=1S/C20H28N2O3.ClH/c1-19(2,18(24)25-3)14-7-9-16(10-8-14)22-17(23)20-11-5-4-6-15(20)12-21-13-20;/h7-10,15,21H,4-6,11-13H2,1-3H3,(H,22,23);1H/t15-,20+;/m0./s1. The highest BCUT2D eigenvalue weighted by Crippen LogP contribution is 2.44. The molecule has 6 heteroatoms. The Labute approximate surface area is 161 Å². The molecule has 1 aromatic rings. The monoisotopic (exact) mass is 380 g/mol. The van der Waals surface area contributed by atoms with E-state index in [1.165, 1.54) is 13.5 Å². The molecule has 0 radical (unpaired) electrons. The van der Waals surface area contributed by atoms with Crippen molar-refractivity contribution in [1.82, 2.24) is 5.32 Å². The first-order valence-corrected chi connectivity index (χ1v) is 9.11. The highest BCUT2D eigenvalue weighted by Gasteiger charge is 2.49. The lowest BCUT2D eigenvalue weighted by molar-refractivity contribution is -0.146. The third kappa shape index (κ3) is 3.60. The molecule has 2 N–H and O–H groups in total. The van der Waals surface area contributed by atoms with E-state index < -0.39 is 5.41 Å². The topological polar surface area (TPSA) is 67.4 Å². The maximum absolute atomic E-state index is 13.0. The SMILES string of the molecule is COC(=O)C(C)(C)c1ccc(NC(=O)[C@@]23CCCC[C@H]2CNC3)cc1.Cl. The van der Waals surface area contributed by atoms with E-state index in [0.29, 0.717) is 5.92 Å². The number of hydrogen-bond acceptors (Lipinski definition) is 4. The van der Waals surface area contributed by atoms with Crippen LogP contribution in [0.2, 0.25) is 0 Å². The van der Waals surface area contributed by atoms with Gasteiger partial charge in [-0.1, -0.05) is 25.0 Å². The summed E-state index contributed by atoms with van der Waals surface area (Å²) in [6, 6.07) is 7.51. The van der Waals surface area contributed by atoms with Crippen LogP contribution in [0.15, 0.2) is 24.3 Å². The van der Waals surface area contributed by atoms with Crippen LogP contribution in [0.4, 0.5) is 5.69 Å². The Bertz CT molecular complexity index is 660. The molecule has 1 aliphatic heterocycles. The lowest BCUT2D eigenvalue weighted by Gasteiger charge is -2.37. The van der Waals surface area contributed by atoms with E-state index in [1.54, 1.807) is 0 Å². The third-order valence-electron chi connectivity index (χ3n) is 6.05. The van der Waals surface area contributed by atoms with Crippen LogP contribution in [0.3, 0.4) is 0 Å². The van der Waals surface area contributed by atoms with Crippen LogP contribution in [0, 0.1) is 11.3 Å². The molecule has 1 saturated carbocycles. The molecule has 0 unspecified atom stereocenters. The van der Waals surface area contributed by atoms with Gasteiger partial charge in [-0.2, -0.15) is 0 Å². The molecule has 1 aromatic carbocycles. The van der Waals surface area contributed by atoms with Gasteiger partial charge < -0.3 is 15.4 Å². The first-order valence-electron chi connectivity index (χ1n) is 9.11. The van der Waals surface area contributed by atoms with Crippen molar-refractivity contribution < 1.29 is 14.3 Å². The van der Waals surface area contributed by atoms with Gasteiger partial charge in [0.15, 0.2) is 0 Å². The maximum Gasteiger partial charge on any atom is 0.315 e. The van der Waals surface area contributed by atoms with Crippen molar-refractivity contribution >= 4 is 30.0 Å². The Hall–Kier alpha value is -1.59. The zero-order valence-corrected chi connectivity index (χ0v) is 16.6. The average Bonchev–Trinajstić information content (AvgIpc) is 3.06. The van der Waals surface area contributed by atoms with Gasteiger partial charge in [0.1, 0.15) is 0 Å². The van der Waals surface area contributed by atoms with E-state index in [9.17, 15) is 9.59 Å². The third-order valence-corrected chi connectivity index (χ3v) is 6.05. The van der Waals surface area contributed by atoms with E-state index in [4.69, 9.17) is 4.74 Å². The second-order valence-corrected chi connectivity index (χ2v) is 7.88. The van der Waals surface area contributed by atoms with Crippen LogP contribution < -0.4 is 10.6 Å². The van der Waals surface area contributed by atoms with Crippen LogP contribution in [0.25, 0.3) is 0 Å². The number of rotatable bonds is 4. The number of halogens is 1. The Kier molecular flexibility index (Phi) is 6.35. The second-order valence-electron chi connectivity index (χ2n) is 7.88. The number of carbonyl (C=O) groups is 2. The van der Waals surface area contributed by atoms with Crippen molar-refractivity contribution in [1.29, 1.82) is 0 Å². The fraction of sp³-hybridized carbons (Fsp3) is 0.600. The molecule has 0 aromatic heterocycles. The lowest BCUT2D eigenvalue weighted by atomic mass is 9.67. The van der Waals surface area contributed by atoms with Gasteiger partial charge in [-0.3, -0.25) is 9.59 Å². The molecule has 26 heavy (non-hydrogen) atoms. The zero-order chi connectivity index (χ0) is 18.1. The summed E-state index contributed by atoms with van der Waals surface area (Å²) in [4.78, 5) is 24.9. The number of fused-ring (bicyclic) bond motifs is 1. The fourth-order valence-corrected chi connectivity index (χ4v) is 4.29. The van der Waals surface area contributed by atoms with Crippen LogP contribution in [-0.2, 0) is 19.7 Å². The maximum atomic E-state index is 13.0. The fourth-order valence-electron chi connectivity index (χ4n) is 4.29. The Morgan fingerprint density at radius 1 is 1.23 bits per heavy atom. The number of amides is 1. The van der Waals surface area contributed by atoms with Crippen molar-refractivity contribution in [2.24, 2.45) is 11.3 Å². The Morgan fingerprint density at radius 3 is 2.58 bits per heavy atom. The first kappa shape index (κ1) is 20.7. The molecule has 5 nitrogen and oxygen atoms in total. The molecule has 1 heterocycles. The predicted octanol–water partition coefficient (Wildman–Crippen LogP) is 3.28. The van der Waals surface area contributed by atoms with Gasteiger partial charge in [0.25, 0.3) is 0 Å². The number of benzene rings is 1. The molecule has 1 saturated heterocycles. The van der Waals surface area contributed by atoms with Gasteiger partial charge in [-0.25, -0.2) is 0 Å². The highest BCUT2D eigenvalue weighted by atomic mass is 35.5. The molecule has 1 aliphatic carbocycles. The normalized spacial score (nSPS) is 25.0. The number of anilines is 1. The van der Waals surface area contributed by atoms with Crippen LogP contribution >= 0.6 is 12.4 Å². The van der Waals surface area contributed by atoms with E-state index in [0.717, 1.165) is 43.6 Å². The number of carbonyl (C=O) groups excluding carboxylic acids is 2. The van der Waals surface area contributed by atoms with Crippen molar-refractivity contribution in [2.75, 3.05) is 25.5 Å². The summed E-state index contributed by atoms with van der Waals surface area (Å²) in [7, 11) is 1.40. The summed E-state index contributed by atoms with van der Waals surface area (Å²) in [5.41, 5.74) is 0.677.